The molecule has 0 aliphatic carbocycles. The van der Waals surface area contributed by atoms with E-state index in [1.165, 1.54) is 6.08 Å². The van der Waals surface area contributed by atoms with Crippen molar-refractivity contribution in [1.29, 1.82) is 0 Å². The third-order valence-electron chi connectivity index (χ3n) is 2.57. The zero-order chi connectivity index (χ0) is 13.8. The van der Waals surface area contributed by atoms with Crippen LogP contribution >= 0.6 is 0 Å². The number of rotatable bonds is 4. The van der Waals surface area contributed by atoms with Crippen LogP contribution in [0.15, 0.2) is 36.4 Å². The third kappa shape index (κ3) is 3.18. The lowest BCUT2D eigenvalue weighted by atomic mass is 10.2. The summed E-state index contributed by atoms with van der Waals surface area (Å²) in [4.78, 5) is 21.7. The first-order valence-corrected chi connectivity index (χ1v) is 5.57. The molecule has 100 valence electrons. The quantitative estimate of drug-likeness (QED) is 0.842. The van der Waals surface area contributed by atoms with Gasteiger partial charge in [0.15, 0.2) is 18.5 Å². The number of aliphatic carboxylic acids is 2. The van der Waals surface area contributed by atoms with Crippen LogP contribution in [0.4, 0.5) is 0 Å². The molecule has 1 heterocycles. The first kappa shape index (κ1) is 13.3. The summed E-state index contributed by atoms with van der Waals surface area (Å²) in [6.45, 7) is 0. The Balaban J connectivity index is 2.06. The van der Waals surface area contributed by atoms with Crippen LogP contribution in [0.25, 0.3) is 6.08 Å². The number of ether oxygens (including phenoxy) is 2. The first-order chi connectivity index (χ1) is 9.08. The van der Waals surface area contributed by atoms with E-state index in [2.05, 4.69) is 0 Å². The van der Waals surface area contributed by atoms with Gasteiger partial charge in [0.2, 0.25) is 0 Å². The van der Waals surface area contributed by atoms with E-state index in [1.54, 1.807) is 6.08 Å². The molecule has 6 nitrogen and oxygen atoms in total. The van der Waals surface area contributed by atoms with Gasteiger partial charge in [-0.1, -0.05) is 36.4 Å². The van der Waals surface area contributed by atoms with Crippen molar-refractivity contribution in [2.75, 3.05) is 0 Å². The Morgan fingerprint density at radius 3 is 2.00 bits per heavy atom. The fraction of sp³-hybridized carbons (Fsp3) is 0.231. The number of hydrogen-bond donors (Lipinski definition) is 2. The van der Waals surface area contributed by atoms with Gasteiger partial charge in [0.05, 0.1) is 0 Å². The summed E-state index contributed by atoms with van der Waals surface area (Å²) in [5, 5.41) is 17.7. The molecule has 0 amide bonds. The van der Waals surface area contributed by atoms with E-state index in [-0.39, 0.29) is 0 Å². The molecule has 19 heavy (non-hydrogen) atoms. The fourth-order valence-electron chi connectivity index (χ4n) is 1.68. The minimum Gasteiger partial charge on any atom is -0.479 e. The monoisotopic (exact) mass is 264 g/mol. The highest BCUT2D eigenvalue weighted by molar-refractivity contribution is 5.84. The highest BCUT2D eigenvalue weighted by atomic mass is 16.7. The van der Waals surface area contributed by atoms with Gasteiger partial charge in [-0.05, 0) is 11.6 Å². The summed E-state index contributed by atoms with van der Waals surface area (Å²) in [6.07, 6.45) is -0.824. The molecule has 0 bridgehead atoms. The zero-order valence-corrected chi connectivity index (χ0v) is 9.80. The Hall–Kier alpha value is -2.18. The van der Waals surface area contributed by atoms with Gasteiger partial charge in [-0.25, -0.2) is 9.59 Å². The van der Waals surface area contributed by atoms with Gasteiger partial charge in [-0.2, -0.15) is 0 Å². The maximum absolute atomic E-state index is 10.8. The molecule has 1 aromatic rings. The predicted octanol–water partition coefficient (Wildman–Crippen LogP) is 0.979. The molecule has 2 N–H and O–H groups in total. The SMILES string of the molecule is O=C(O)[C@@H]1OC(/C=C/c2ccccc2)O[C@H]1C(=O)O. The molecule has 0 radical (unpaired) electrons. The Bertz CT molecular complexity index is 473. The highest BCUT2D eigenvalue weighted by Crippen LogP contribution is 2.21. The number of carboxylic acids is 2. The molecule has 1 aliphatic heterocycles. The molecule has 0 spiro atoms. The fourth-order valence-corrected chi connectivity index (χ4v) is 1.68. The van der Waals surface area contributed by atoms with E-state index in [4.69, 9.17) is 19.7 Å². The minimum atomic E-state index is -1.50. The normalized spacial score (nSPS) is 23.8. The number of benzene rings is 1. The lowest BCUT2D eigenvalue weighted by Gasteiger charge is -2.06. The molecular formula is C13H12O6. The second kappa shape index (κ2) is 5.64. The molecule has 2 rings (SSSR count). The highest BCUT2D eigenvalue weighted by Gasteiger charge is 2.44. The van der Waals surface area contributed by atoms with Crippen LogP contribution in [0.2, 0.25) is 0 Å². The van der Waals surface area contributed by atoms with Crippen molar-refractivity contribution in [3.05, 3.63) is 42.0 Å². The summed E-state index contributed by atoms with van der Waals surface area (Å²) < 4.78 is 10.1. The second-order valence-corrected chi connectivity index (χ2v) is 3.93. The molecule has 2 atom stereocenters. The summed E-state index contributed by atoms with van der Waals surface area (Å²) in [5.74, 6) is -2.72. The summed E-state index contributed by atoms with van der Waals surface area (Å²) in [7, 11) is 0. The van der Waals surface area contributed by atoms with Gasteiger partial charge in [-0.15, -0.1) is 0 Å². The molecule has 1 saturated heterocycles. The first-order valence-electron chi connectivity index (χ1n) is 5.57. The maximum atomic E-state index is 10.8. The summed E-state index contributed by atoms with van der Waals surface area (Å²) in [5.41, 5.74) is 0.875. The Morgan fingerprint density at radius 1 is 1.00 bits per heavy atom. The molecule has 6 heteroatoms. The van der Waals surface area contributed by atoms with Gasteiger partial charge in [0, 0.05) is 0 Å². The number of carboxylic acid groups (broad SMARTS) is 2. The van der Waals surface area contributed by atoms with E-state index in [0.29, 0.717) is 0 Å². The van der Waals surface area contributed by atoms with Crippen LogP contribution in [0.3, 0.4) is 0 Å². The van der Waals surface area contributed by atoms with Crippen molar-refractivity contribution in [3.8, 4) is 0 Å². The van der Waals surface area contributed by atoms with Gasteiger partial charge in [0.1, 0.15) is 0 Å². The summed E-state index contributed by atoms with van der Waals surface area (Å²) in [6, 6.07) is 9.23. The van der Waals surface area contributed by atoms with Crippen molar-refractivity contribution in [2.24, 2.45) is 0 Å². The smallest absolute Gasteiger partial charge is 0.336 e. The van der Waals surface area contributed by atoms with Gasteiger partial charge >= 0.3 is 11.9 Å². The second-order valence-electron chi connectivity index (χ2n) is 3.93. The van der Waals surface area contributed by atoms with E-state index in [0.717, 1.165) is 5.56 Å². The molecule has 1 aromatic carbocycles. The van der Waals surface area contributed by atoms with Crippen molar-refractivity contribution in [3.63, 3.8) is 0 Å². The van der Waals surface area contributed by atoms with Crippen LogP contribution in [-0.2, 0) is 19.1 Å². The lowest BCUT2D eigenvalue weighted by Crippen LogP contribution is -2.36. The van der Waals surface area contributed by atoms with Crippen LogP contribution in [0.5, 0.6) is 0 Å². The van der Waals surface area contributed by atoms with Crippen LogP contribution in [-0.4, -0.2) is 40.6 Å². The van der Waals surface area contributed by atoms with Crippen LogP contribution in [0.1, 0.15) is 5.56 Å². The van der Waals surface area contributed by atoms with Gasteiger partial charge in [0.25, 0.3) is 0 Å². The third-order valence-corrected chi connectivity index (χ3v) is 2.57. The number of carbonyl (C=O) groups is 2. The molecule has 0 aromatic heterocycles. The standard InChI is InChI=1S/C13H12O6/c14-12(15)10-11(13(16)17)19-9(18-10)7-6-8-4-2-1-3-5-8/h1-7,9-11H,(H,14,15)(H,16,17)/b7-6+/t10-,11-/m1/s1. The number of hydrogen-bond acceptors (Lipinski definition) is 4. The van der Waals surface area contributed by atoms with E-state index >= 15 is 0 Å². The summed E-state index contributed by atoms with van der Waals surface area (Å²) >= 11 is 0. The largest absolute Gasteiger partial charge is 0.479 e. The predicted molar refractivity (Wildman–Crippen MR) is 64.3 cm³/mol. The minimum absolute atomic E-state index is 0.875. The lowest BCUT2D eigenvalue weighted by molar-refractivity contribution is -0.156. The van der Waals surface area contributed by atoms with Crippen LogP contribution < -0.4 is 0 Å². The van der Waals surface area contributed by atoms with Gasteiger partial charge < -0.3 is 19.7 Å². The average Bonchev–Trinajstić information content (AvgIpc) is 2.82. The van der Waals surface area contributed by atoms with Crippen molar-refractivity contribution < 1.29 is 29.3 Å². The molecule has 1 aliphatic rings. The average molecular weight is 264 g/mol. The molecule has 1 fully saturated rings. The molecular weight excluding hydrogens is 252 g/mol. The van der Waals surface area contributed by atoms with Crippen LogP contribution in [0, 0.1) is 0 Å². The van der Waals surface area contributed by atoms with E-state index < -0.39 is 30.4 Å². The van der Waals surface area contributed by atoms with Gasteiger partial charge in [-0.3, -0.25) is 0 Å². The molecule has 0 saturated carbocycles. The topological polar surface area (TPSA) is 93.1 Å². The Morgan fingerprint density at radius 2 is 1.53 bits per heavy atom. The Labute approximate surface area is 108 Å². The van der Waals surface area contributed by atoms with Crippen molar-refractivity contribution in [1.82, 2.24) is 0 Å². The van der Waals surface area contributed by atoms with Crippen molar-refractivity contribution >= 4 is 18.0 Å². The molecule has 0 unspecified atom stereocenters. The van der Waals surface area contributed by atoms with Crippen molar-refractivity contribution in [2.45, 2.75) is 18.5 Å². The maximum Gasteiger partial charge on any atom is 0.336 e. The van der Waals surface area contributed by atoms with E-state index in [9.17, 15) is 9.59 Å². The Kier molecular flexibility index (Phi) is 3.94. The van der Waals surface area contributed by atoms with E-state index in [1.807, 2.05) is 30.3 Å². The zero-order valence-electron chi connectivity index (χ0n) is 9.80.